The first-order chi connectivity index (χ1) is 10.3. The van der Waals surface area contributed by atoms with Crippen molar-refractivity contribution in [1.29, 1.82) is 0 Å². The first-order valence-electron chi connectivity index (χ1n) is 7.01. The van der Waals surface area contributed by atoms with Crippen molar-refractivity contribution >= 4 is 12.9 Å². The molecule has 2 aromatic carbocycles. The molecule has 0 amide bonds. The summed E-state index contributed by atoms with van der Waals surface area (Å²) in [7, 11) is -4.51. The molecular weight excluding hydrogens is 303 g/mol. The van der Waals surface area contributed by atoms with Gasteiger partial charge in [0.15, 0.2) is 0 Å². The van der Waals surface area contributed by atoms with Crippen LogP contribution >= 0.6 is 7.60 Å². The summed E-state index contributed by atoms with van der Waals surface area (Å²) >= 11 is 0. The molecule has 0 aliphatic heterocycles. The van der Waals surface area contributed by atoms with Crippen LogP contribution in [0.15, 0.2) is 42.5 Å². The quantitative estimate of drug-likeness (QED) is 0.635. The molecular formula is C16H19O5P. The molecule has 2 rings (SSSR count). The molecule has 0 fully saturated rings. The minimum atomic E-state index is -4.51. The predicted molar refractivity (Wildman–Crippen MR) is 84.6 cm³/mol. The van der Waals surface area contributed by atoms with E-state index in [1.54, 1.807) is 18.2 Å². The lowest BCUT2D eigenvalue weighted by molar-refractivity contribution is 0.386. The Morgan fingerprint density at radius 1 is 1.05 bits per heavy atom. The third kappa shape index (κ3) is 3.69. The van der Waals surface area contributed by atoms with Crippen molar-refractivity contribution in [2.45, 2.75) is 25.7 Å². The highest BCUT2D eigenvalue weighted by Gasteiger charge is 2.27. The summed E-state index contributed by atoms with van der Waals surface area (Å²) in [6.07, 6.45) is 1.48. The molecule has 0 saturated carbocycles. The maximum atomic E-state index is 11.7. The third-order valence-corrected chi connectivity index (χ3v) is 4.57. The van der Waals surface area contributed by atoms with Gasteiger partial charge in [-0.1, -0.05) is 31.5 Å². The molecule has 0 spiro atoms. The minimum absolute atomic E-state index is 0.107. The topological polar surface area (TPSA) is 98.0 Å². The van der Waals surface area contributed by atoms with Crippen LogP contribution in [0, 0.1) is 0 Å². The fraction of sp³-hybridized carbons (Fsp3) is 0.250. The van der Waals surface area contributed by atoms with Crippen molar-refractivity contribution in [3.63, 3.8) is 0 Å². The van der Waals surface area contributed by atoms with Crippen molar-refractivity contribution in [2.24, 2.45) is 0 Å². The lowest BCUT2D eigenvalue weighted by Crippen LogP contribution is -2.15. The number of phenolic OH excluding ortho intramolecular Hbond substituents is 2. The Morgan fingerprint density at radius 2 is 1.73 bits per heavy atom. The van der Waals surface area contributed by atoms with Crippen LogP contribution in [0.25, 0.3) is 0 Å². The second-order valence-corrected chi connectivity index (χ2v) is 6.79. The fourth-order valence-electron chi connectivity index (χ4n) is 2.61. The van der Waals surface area contributed by atoms with Gasteiger partial charge in [0.05, 0.1) is 5.30 Å². The first-order valence-corrected chi connectivity index (χ1v) is 8.62. The molecule has 0 bridgehead atoms. The average molecular weight is 322 g/mol. The predicted octanol–water partition coefficient (Wildman–Crippen LogP) is 2.83. The van der Waals surface area contributed by atoms with Crippen LogP contribution < -0.4 is 5.30 Å². The van der Waals surface area contributed by atoms with Crippen molar-refractivity contribution in [1.82, 2.24) is 0 Å². The van der Waals surface area contributed by atoms with E-state index < -0.39 is 7.60 Å². The summed E-state index contributed by atoms with van der Waals surface area (Å²) in [6, 6.07) is 10.7. The van der Waals surface area contributed by atoms with Gasteiger partial charge >= 0.3 is 7.60 Å². The zero-order valence-corrected chi connectivity index (χ0v) is 13.1. The van der Waals surface area contributed by atoms with Crippen molar-refractivity contribution in [2.75, 3.05) is 0 Å². The number of phenols is 2. The van der Waals surface area contributed by atoms with Crippen LogP contribution in [-0.4, -0.2) is 20.0 Å². The molecule has 0 aliphatic carbocycles. The maximum Gasteiger partial charge on any atom is 0.356 e. The molecule has 0 aliphatic rings. The minimum Gasteiger partial charge on any atom is -0.508 e. The Bertz CT molecular complexity index is 707. The molecule has 118 valence electrons. The van der Waals surface area contributed by atoms with E-state index in [1.807, 2.05) is 13.0 Å². The van der Waals surface area contributed by atoms with Crippen molar-refractivity contribution in [3.8, 4) is 11.5 Å². The molecule has 0 aromatic heterocycles. The van der Waals surface area contributed by atoms with Gasteiger partial charge in [-0.05, 0) is 41.8 Å². The van der Waals surface area contributed by atoms with E-state index in [0.717, 1.165) is 18.1 Å². The van der Waals surface area contributed by atoms with Gasteiger partial charge in [-0.15, -0.1) is 0 Å². The standard InChI is InChI=1S/C16H19O5P/c1-2-4-14(11-5-3-6-12(17)9-11)15-8-7-13(18)10-16(15)22(19,20)21/h3,5-10,14,17-18H,2,4H2,1H3,(H2,19,20,21). The molecule has 6 heteroatoms. The van der Waals surface area contributed by atoms with E-state index in [2.05, 4.69) is 0 Å². The molecule has 5 nitrogen and oxygen atoms in total. The Labute approximate surface area is 129 Å². The van der Waals surface area contributed by atoms with Crippen molar-refractivity contribution in [3.05, 3.63) is 53.6 Å². The molecule has 0 saturated heterocycles. The number of hydrogen-bond acceptors (Lipinski definition) is 3. The highest BCUT2D eigenvalue weighted by atomic mass is 31.2. The molecule has 22 heavy (non-hydrogen) atoms. The van der Waals surface area contributed by atoms with E-state index in [0.29, 0.717) is 12.0 Å². The molecule has 4 N–H and O–H groups in total. The highest BCUT2D eigenvalue weighted by molar-refractivity contribution is 7.60. The summed E-state index contributed by atoms with van der Waals surface area (Å²) < 4.78 is 11.7. The van der Waals surface area contributed by atoms with E-state index in [9.17, 15) is 24.6 Å². The van der Waals surface area contributed by atoms with Gasteiger partial charge in [0, 0.05) is 5.92 Å². The zero-order valence-electron chi connectivity index (χ0n) is 12.2. The average Bonchev–Trinajstić information content (AvgIpc) is 2.44. The zero-order chi connectivity index (χ0) is 16.3. The molecule has 1 atom stereocenters. The number of benzene rings is 2. The number of hydrogen-bond donors (Lipinski definition) is 4. The van der Waals surface area contributed by atoms with Crippen LogP contribution in [0.1, 0.15) is 36.8 Å². The van der Waals surface area contributed by atoms with Gasteiger partial charge in [-0.25, -0.2) is 0 Å². The summed E-state index contributed by atoms with van der Waals surface area (Å²) in [5, 5.41) is 19.0. The van der Waals surface area contributed by atoms with Gasteiger partial charge < -0.3 is 20.0 Å². The SMILES string of the molecule is CCCC(c1cccc(O)c1)c1ccc(O)cc1P(=O)(O)O. The van der Waals surface area contributed by atoms with E-state index >= 15 is 0 Å². The van der Waals surface area contributed by atoms with Gasteiger partial charge in [0.25, 0.3) is 0 Å². The fourth-order valence-corrected chi connectivity index (χ4v) is 3.48. The summed E-state index contributed by atoms with van der Waals surface area (Å²) in [5.41, 5.74) is 1.25. The van der Waals surface area contributed by atoms with E-state index in [-0.39, 0.29) is 22.7 Å². The Kier molecular flexibility index (Phi) is 4.91. The highest BCUT2D eigenvalue weighted by Crippen LogP contribution is 2.41. The van der Waals surface area contributed by atoms with Crippen LogP contribution in [0.4, 0.5) is 0 Å². The second-order valence-electron chi connectivity index (χ2n) is 5.22. The Morgan fingerprint density at radius 3 is 2.32 bits per heavy atom. The monoisotopic (exact) mass is 322 g/mol. The van der Waals surface area contributed by atoms with Gasteiger partial charge in [-0.3, -0.25) is 4.57 Å². The number of rotatable bonds is 5. The van der Waals surface area contributed by atoms with Gasteiger partial charge in [0.1, 0.15) is 11.5 Å². The molecule has 0 heterocycles. The largest absolute Gasteiger partial charge is 0.508 e. The van der Waals surface area contributed by atoms with Crippen LogP contribution in [-0.2, 0) is 4.57 Å². The summed E-state index contributed by atoms with van der Waals surface area (Å²) in [6.45, 7) is 1.98. The summed E-state index contributed by atoms with van der Waals surface area (Å²) in [5.74, 6) is -0.344. The first kappa shape index (κ1) is 16.6. The summed E-state index contributed by atoms with van der Waals surface area (Å²) in [4.78, 5) is 19.1. The number of aromatic hydroxyl groups is 2. The van der Waals surface area contributed by atoms with Gasteiger partial charge in [0.2, 0.25) is 0 Å². The molecule has 0 radical (unpaired) electrons. The Balaban J connectivity index is 2.61. The molecule has 1 unspecified atom stereocenters. The van der Waals surface area contributed by atoms with Crippen molar-refractivity contribution < 1.29 is 24.6 Å². The third-order valence-electron chi connectivity index (χ3n) is 3.55. The van der Waals surface area contributed by atoms with Gasteiger partial charge in [-0.2, -0.15) is 0 Å². The van der Waals surface area contributed by atoms with E-state index in [1.165, 1.54) is 12.1 Å². The normalized spacial score (nSPS) is 13.0. The smallest absolute Gasteiger partial charge is 0.356 e. The van der Waals surface area contributed by atoms with E-state index in [4.69, 9.17) is 0 Å². The lowest BCUT2D eigenvalue weighted by Gasteiger charge is -2.21. The lowest BCUT2D eigenvalue weighted by atomic mass is 9.87. The molecule has 2 aromatic rings. The van der Waals surface area contributed by atoms with Crippen LogP contribution in [0.3, 0.4) is 0 Å². The van der Waals surface area contributed by atoms with Crippen LogP contribution in [0.5, 0.6) is 11.5 Å². The van der Waals surface area contributed by atoms with Crippen LogP contribution in [0.2, 0.25) is 0 Å². The second kappa shape index (κ2) is 6.53. The Hall–Kier alpha value is -1.81. The maximum absolute atomic E-state index is 11.7.